The van der Waals surface area contributed by atoms with E-state index in [9.17, 15) is 0 Å². The van der Waals surface area contributed by atoms with Crippen molar-refractivity contribution in [1.82, 2.24) is 4.98 Å². The minimum atomic E-state index is 0.784. The molecule has 2 aromatic rings. The Bertz CT molecular complexity index is 534. The summed E-state index contributed by atoms with van der Waals surface area (Å²) in [6, 6.07) is 8.68. The lowest BCUT2D eigenvalue weighted by atomic mass is 10.0. The van der Waals surface area contributed by atoms with E-state index in [0.29, 0.717) is 0 Å². The fraction of sp³-hybridized carbons (Fsp3) is 0.400. The van der Waals surface area contributed by atoms with Crippen molar-refractivity contribution in [1.29, 1.82) is 0 Å². The number of benzene rings is 1. The average Bonchev–Trinajstić information content (AvgIpc) is 2.43. The van der Waals surface area contributed by atoms with Crippen LogP contribution in [0.5, 0.6) is 0 Å². The van der Waals surface area contributed by atoms with Crippen LogP contribution in [0.25, 0.3) is 10.9 Å². The molecule has 0 amide bonds. The monoisotopic (exact) mass is 243 g/mol. The maximum absolute atomic E-state index is 5.50. The molecule has 0 aliphatic carbocycles. The van der Waals surface area contributed by atoms with Crippen molar-refractivity contribution in [2.24, 2.45) is 5.84 Å². The number of pyridine rings is 1. The third kappa shape index (κ3) is 2.62. The number of nitrogen functional groups attached to an aromatic ring is 1. The van der Waals surface area contributed by atoms with Gasteiger partial charge in [0, 0.05) is 5.39 Å². The molecular weight excluding hydrogens is 222 g/mol. The van der Waals surface area contributed by atoms with E-state index < -0.39 is 0 Å². The first-order chi connectivity index (χ1) is 8.78. The molecule has 0 unspecified atom stereocenters. The summed E-state index contributed by atoms with van der Waals surface area (Å²) in [7, 11) is 0. The number of anilines is 1. The molecule has 3 N–H and O–H groups in total. The Balaban J connectivity index is 2.42. The lowest BCUT2D eigenvalue weighted by Crippen LogP contribution is -2.11. The van der Waals surface area contributed by atoms with E-state index in [1.54, 1.807) is 0 Å². The van der Waals surface area contributed by atoms with Crippen molar-refractivity contribution in [3.63, 3.8) is 0 Å². The highest BCUT2D eigenvalue weighted by atomic mass is 15.2. The zero-order chi connectivity index (χ0) is 13.0. The van der Waals surface area contributed by atoms with Gasteiger partial charge < -0.3 is 5.43 Å². The van der Waals surface area contributed by atoms with E-state index in [0.717, 1.165) is 29.7 Å². The molecule has 2 rings (SSSR count). The summed E-state index contributed by atoms with van der Waals surface area (Å²) in [5.74, 6) is 6.28. The number of nitrogens with one attached hydrogen (secondary N) is 1. The predicted molar refractivity (Wildman–Crippen MR) is 77.5 cm³/mol. The number of aryl methyl sites for hydroxylation is 2. The van der Waals surface area contributed by atoms with E-state index in [4.69, 9.17) is 5.84 Å². The molecule has 3 nitrogen and oxygen atoms in total. The van der Waals surface area contributed by atoms with Crippen LogP contribution < -0.4 is 11.3 Å². The molecule has 18 heavy (non-hydrogen) atoms. The Morgan fingerprint density at radius 3 is 2.72 bits per heavy atom. The number of unbranched alkanes of at least 4 members (excludes halogenated alkanes) is 1. The van der Waals surface area contributed by atoms with Crippen LogP contribution in [0.15, 0.2) is 24.3 Å². The second kappa shape index (κ2) is 5.83. The summed E-state index contributed by atoms with van der Waals surface area (Å²) in [4.78, 5) is 4.55. The topological polar surface area (TPSA) is 50.9 Å². The van der Waals surface area contributed by atoms with E-state index >= 15 is 0 Å². The zero-order valence-electron chi connectivity index (χ0n) is 11.2. The maximum Gasteiger partial charge on any atom is 0.143 e. The second-order valence-electron chi connectivity index (χ2n) is 4.62. The lowest BCUT2D eigenvalue weighted by molar-refractivity contribution is 0.796. The Morgan fingerprint density at radius 1 is 1.22 bits per heavy atom. The number of hydrogen-bond acceptors (Lipinski definition) is 3. The maximum atomic E-state index is 5.50. The first kappa shape index (κ1) is 12.8. The van der Waals surface area contributed by atoms with Gasteiger partial charge in [-0.25, -0.2) is 10.8 Å². The highest BCUT2D eigenvalue weighted by molar-refractivity contribution is 5.82. The summed E-state index contributed by atoms with van der Waals surface area (Å²) in [6.07, 6.45) is 4.54. The molecule has 0 radical (unpaired) electrons. The predicted octanol–water partition coefficient (Wildman–Crippen LogP) is 3.43. The van der Waals surface area contributed by atoms with E-state index in [2.05, 4.69) is 48.5 Å². The third-order valence-corrected chi connectivity index (χ3v) is 3.29. The summed E-state index contributed by atoms with van der Waals surface area (Å²) in [5.41, 5.74) is 6.23. The van der Waals surface area contributed by atoms with Gasteiger partial charge >= 0.3 is 0 Å². The molecular formula is C15H21N3. The van der Waals surface area contributed by atoms with Gasteiger partial charge in [0.2, 0.25) is 0 Å². The van der Waals surface area contributed by atoms with Crippen molar-refractivity contribution in [2.75, 3.05) is 5.43 Å². The molecule has 0 atom stereocenters. The largest absolute Gasteiger partial charge is 0.308 e. The van der Waals surface area contributed by atoms with Gasteiger partial charge in [0.15, 0.2) is 0 Å². The van der Waals surface area contributed by atoms with Gasteiger partial charge in [-0.1, -0.05) is 26.3 Å². The summed E-state index contributed by atoms with van der Waals surface area (Å²) >= 11 is 0. The third-order valence-electron chi connectivity index (χ3n) is 3.29. The van der Waals surface area contributed by atoms with Crippen LogP contribution in [0.1, 0.15) is 37.8 Å². The van der Waals surface area contributed by atoms with Crippen molar-refractivity contribution in [3.05, 3.63) is 35.4 Å². The number of hydrogen-bond donors (Lipinski definition) is 2. The molecule has 3 heteroatoms. The van der Waals surface area contributed by atoms with Crippen molar-refractivity contribution in [2.45, 2.75) is 39.5 Å². The summed E-state index contributed by atoms with van der Waals surface area (Å²) < 4.78 is 0. The second-order valence-corrected chi connectivity index (χ2v) is 4.62. The smallest absolute Gasteiger partial charge is 0.143 e. The SMILES string of the molecule is CCCCc1ccc2nc(NN)c(CC)cc2c1. The van der Waals surface area contributed by atoms with Gasteiger partial charge in [0.05, 0.1) is 5.52 Å². The first-order valence-electron chi connectivity index (χ1n) is 6.67. The molecule has 96 valence electrons. The van der Waals surface area contributed by atoms with Crippen molar-refractivity contribution in [3.8, 4) is 0 Å². The van der Waals surface area contributed by atoms with E-state index in [1.165, 1.54) is 23.8 Å². The van der Waals surface area contributed by atoms with Crippen LogP contribution in [0, 0.1) is 0 Å². The fourth-order valence-electron chi connectivity index (χ4n) is 2.20. The highest BCUT2D eigenvalue weighted by Gasteiger charge is 2.05. The number of aromatic nitrogens is 1. The Morgan fingerprint density at radius 2 is 2.06 bits per heavy atom. The van der Waals surface area contributed by atoms with Crippen LogP contribution in [-0.4, -0.2) is 4.98 Å². The Kier molecular flexibility index (Phi) is 4.15. The number of hydrazine groups is 1. The Hall–Kier alpha value is -1.61. The number of rotatable bonds is 5. The molecule has 0 aliphatic rings. The average molecular weight is 243 g/mol. The standard InChI is InChI=1S/C15H21N3/c1-3-5-6-11-7-8-14-13(9-11)10-12(4-2)15(17-14)18-16/h7-10H,3-6,16H2,1-2H3,(H,17,18). The molecule has 0 aliphatic heterocycles. The van der Waals surface area contributed by atoms with Crippen LogP contribution in [-0.2, 0) is 12.8 Å². The highest BCUT2D eigenvalue weighted by Crippen LogP contribution is 2.22. The van der Waals surface area contributed by atoms with E-state index in [-0.39, 0.29) is 0 Å². The van der Waals surface area contributed by atoms with Gasteiger partial charge in [-0.15, -0.1) is 0 Å². The van der Waals surface area contributed by atoms with Gasteiger partial charge in [-0.2, -0.15) is 0 Å². The van der Waals surface area contributed by atoms with Gasteiger partial charge in [-0.05, 0) is 48.6 Å². The van der Waals surface area contributed by atoms with Gasteiger partial charge in [0.25, 0.3) is 0 Å². The van der Waals surface area contributed by atoms with Crippen LogP contribution in [0.3, 0.4) is 0 Å². The summed E-state index contributed by atoms with van der Waals surface area (Å²) in [5, 5.41) is 1.21. The Labute approximate surface area is 108 Å². The normalized spacial score (nSPS) is 10.8. The first-order valence-corrected chi connectivity index (χ1v) is 6.67. The zero-order valence-corrected chi connectivity index (χ0v) is 11.2. The van der Waals surface area contributed by atoms with E-state index in [1.807, 2.05) is 0 Å². The molecule has 1 aromatic carbocycles. The molecule has 1 heterocycles. The van der Waals surface area contributed by atoms with Gasteiger partial charge in [0.1, 0.15) is 5.82 Å². The van der Waals surface area contributed by atoms with Crippen LogP contribution in [0.2, 0.25) is 0 Å². The van der Waals surface area contributed by atoms with Crippen LogP contribution in [0.4, 0.5) is 5.82 Å². The molecule has 0 saturated carbocycles. The number of nitrogens with zero attached hydrogens (tertiary/aromatic N) is 1. The molecule has 0 bridgehead atoms. The minimum Gasteiger partial charge on any atom is -0.308 e. The quantitative estimate of drug-likeness (QED) is 0.625. The molecule has 0 fully saturated rings. The minimum absolute atomic E-state index is 0.784. The van der Waals surface area contributed by atoms with Crippen molar-refractivity contribution < 1.29 is 0 Å². The van der Waals surface area contributed by atoms with Gasteiger partial charge in [-0.3, -0.25) is 0 Å². The lowest BCUT2D eigenvalue weighted by Gasteiger charge is -2.09. The van der Waals surface area contributed by atoms with Crippen LogP contribution >= 0.6 is 0 Å². The number of nitrogens with two attached hydrogens (primary N) is 1. The fourth-order valence-corrected chi connectivity index (χ4v) is 2.20. The summed E-state index contributed by atoms with van der Waals surface area (Å²) in [6.45, 7) is 4.33. The number of fused-ring (bicyclic) bond motifs is 1. The molecule has 0 saturated heterocycles. The molecule has 0 spiro atoms. The van der Waals surface area contributed by atoms with Crippen molar-refractivity contribution >= 4 is 16.7 Å². The molecule has 1 aromatic heterocycles.